The van der Waals surface area contributed by atoms with E-state index in [1.165, 1.54) is 0 Å². The summed E-state index contributed by atoms with van der Waals surface area (Å²) in [5, 5.41) is 2.49. The van der Waals surface area contributed by atoms with Gasteiger partial charge in [0.2, 0.25) is 0 Å². The minimum atomic E-state index is -0.134. The average Bonchev–Trinajstić information content (AvgIpc) is 2.19. The molecule has 76 valence electrons. The van der Waals surface area contributed by atoms with Crippen LogP contribution in [0, 0.1) is 6.92 Å². The predicted molar refractivity (Wildman–Crippen MR) is 58.4 cm³/mol. The molecule has 0 spiro atoms. The molecule has 0 aliphatic carbocycles. The summed E-state index contributed by atoms with van der Waals surface area (Å²) in [6, 6.07) is 5.60. The van der Waals surface area contributed by atoms with Crippen molar-refractivity contribution >= 4 is 21.8 Å². The molecule has 0 fully saturated rings. The van der Waals surface area contributed by atoms with Crippen LogP contribution in [0.1, 0.15) is 5.56 Å². The number of hydrogen-bond donors (Lipinski definition) is 1. The number of carbonyl (C=O) groups is 1. The van der Waals surface area contributed by atoms with Gasteiger partial charge in [0, 0.05) is 11.5 Å². The molecule has 0 radical (unpaired) electrons. The minimum absolute atomic E-state index is 0.0531. The van der Waals surface area contributed by atoms with Crippen LogP contribution in [0.5, 0.6) is 5.75 Å². The summed E-state index contributed by atoms with van der Waals surface area (Å²) in [5.74, 6) is 0.569. The third-order valence-electron chi connectivity index (χ3n) is 1.78. The fourth-order valence-electron chi connectivity index (χ4n) is 0.928. The summed E-state index contributed by atoms with van der Waals surface area (Å²) in [7, 11) is 1.58. The van der Waals surface area contributed by atoms with Crippen molar-refractivity contribution in [2.75, 3.05) is 13.7 Å². The van der Waals surface area contributed by atoms with Crippen LogP contribution >= 0.6 is 15.9 Å². The third kappa shape index (κ3) is 3.03. The number of nitrogens with one attached hydrogen (secondary N) is 1. The fraction of sp³-hybridized carbons (Fsp3) is 0.300. The monoisotopic (exact) mass is 257 g/mol. The summed E-state index contributed by atoms with van der Waals surface area (Å²) >= 11 is 3.39. The smallest absolute Gasteiger partial charge is 0.257 e. The van der Waals surface area contributed by atoms with Crippen molar-refractivity contribution in [1.82, 2.24) is 5.32 Å². The SMILES string of the molecule is CNC(=O)COc1ccc(Br)c(C)c1. The van der Waals surface area contributed by atoms with E-state index < -0.39 is 0 Å². The van der Waals surface area contributed by atoms with Crippen molar-refractivity contribution in [3.63, 3.8) is 0 Å². The third-order valence-corrected chi connectivity index (χ3v) is 2.67. The predicted octanol–water partition coefficient (Wildman–Crippen LogP) is 1.88. The van der Waals surface area contributed by atoms with Crippen LogP contribution in [-0.2, 0) is 4.79 Å². The number of amides is 1. The number of carbonyl (C=O) groups excluding carboxylic acids is 1. The standard InChI is InChI=1S/C10H12BrNO2/c1-7-5-8(3-4-9(7)11)14-6-10(13)12-2/h3-5H,6H2,1-2H3,(H,12,13). The van der Waals surface area contributed by atoms with Crippen LogP contribution in [0.2, 0.25) is 0 Å². The molecule has 0 saturated carbocycles. The lowest BCUT2D eigenvalue weighted by Crippen LogP contribution is -2.24. The van der Waals surface area contributed by atoms with Crippen molar-refractivity contribution < 1.29 is 9.53 Å². The van der Waals surface area contributed by atoms with Gasteiger partial charge in [0.25, 0.3) is 5.91 Å². The molecule has 3 nitrogen and oxygen atoms in total. The van der Waals surface area contributed by atoms with E-state index in [0.29, 0.717) is 5.75 Å². The number of likely N-dealkylation sites (N-methyl/N-ethyl adjacent to an activating group) is 1. The Morgan fingerprint density at radius 3 is 2.86 bits per heavy atom. The molecule has 1 N–H and O–H groups in total. The van der Waals surface area contributed by atoms with E-state index >= 15 is 0 Å². The van der Waals surface area contributed by atoms with Gasteiger partial charge in [-0.1, -0.05) is 15.9 Å². The summed E-state index contributed by atoms with van der Waals surface area (Å²) in [6.07, 6.45) is 0. The van der Waals surface area contributed by atoms with Crippen LogP contribution < -0.4 is 10.1 Å². The molecule has 1 aromatic rings. The lowest BCUT2D eigenvalue weighted by molar-refractivity contribution is -0.122. The molecule has 14 heavy (non-hydrogen) atoms. The Morgan fingerprint density at radius 2 is 2.29 bits per heavy atom. The van der Waals surface area contributed by atoms with Gasteiger partial charge >= 0.3 is 0 Å². The molecule has 0 bridgehead atoms. The Hall–Kier alpha value is -1.03. The maximum absolute atomic E-state index is 10.9. The number of rotatable bonds is 3. The first-order valence-electron chi connectivity index (χ1n) is 4.23. The Balaban J connectivity index is 2.60. The van der Waals surface area contributed by atoms with E-state index in [1.807, 2.05) is 25.1 Å². The van der Waals surface area contributed by atoms with E-state index in [9.17, 15) is 4.79 Å². The number of hydrogen-bond acceptors (Lipinski definition) is 2. The van der Waals surface area contributed by atoms with E-state index in [4.69, 9.17) is 4.74 Å². The number of benzene rings is 1. The van der Waals surface area contributed by atoms with Gasteiger partial charge in [-0.15, -0.1) is 0 Å². The largest absolute Gasteiger partial charge is 0.484 e. The second-order valence-electron chi connectivity index (χ2n) is 2.87. The summed E-state index contributed by atoms with van der Waals surface area (Å²) < 4.78 is 6.29. The fourth-order valence-corrected chi connectivity index (χ4v) is 1.17. The first-order valence-corrected chi connectivity index (χ1v) is 5.02. The maximum Gasteiger partial charge on any atom is 0.257 e. The molecule has 1 rings (SSSR count). The highest BCUT2D eigenvalue weighted by atomic mass is 79.9. The van der Waals surface area contributed by atoms with E-state index in [0.717, 1.165) is 10.0 Å². The molecule has 1 amide bonds. The summed E-state index contributed by atoms with van der Waals surface area (Å²) in [6.45, 7) is 2.02. The number of aryl methyl sites for hydroxylation is 1. The van der Waals surface area contributed by atoms with Crippen molar-refractivity contribution in [2.45, 2.75) is 6.92 Å². The van der Waals surface area contributed by atoms with E-state index in [2.05, 4.69) is 21.2 Å². The van der Waals surface area contributed by atoms with Gasteiger partial charge in [0.15, 0.2) is 6.61 Å². The molecular formula is C10H12BrNO2. The Morgan fingerprint density at radius 1 is 1.57 bits per heavy atom. The molecule has 0 atom stereocenters. The van der Waals surface area contributed by atoms with E-state index in [-0.39, 0.29) is 12.5 Å². The molecule has 0 aliphatic rings. The topological polar surface area (TPSA) is 38.3 Å². The van der Waals surface area contributed by atoms with Gasteiger partial charge in [0.05, 0.1) is 0 Å². The zero-order chi connectivity index (χ0) is 10.6. The van der Waals surface area contributed by atoms with Crippen LogP contribution in [0.4, 0.5) is 0 Å². The molecule has 0 aromatic heterocycles. The highest BCUT2D eigenvalue weighted by Crippen LogP contribution is 2.21. The summed E-state index contributed by atoms with van der Waals surface area (Å²) in [5.41, 5.74) is 1.08. The molecule has 0 unspecified atom stereocenters. The Bertz CT molecular complexity index is 339. The highest BCUT2D eigenvalue weighted by Gasteiger charge is 2.01. The molecular weight excluding hydrogens is 246 g/mol. The van der Waals surface area contributed by atoms with Crippen LogP contribution in [0.15, 0.2) is 22.7 Å². The van der Waals surface area contributed by atoms with Gasteiger partial charge < -0.3 is 10.1 Å². The van der Waals surface area contributed by atoms with Crippen molar-refractivity contribution in [3.05, 3.63) is 28.2 Å². The molecule has 0 heterocycles. The average molecular weight is 258 g/mol. The van der Waals surface area contributed by atoms with Crippen LogP contribution in [-0.4, -0.2) is 19.6 Å². The van der Waals surface area contributed by atoms with Crippen molar-refractivity contribution in [2.24, 2.45) is 0 Å². The van der Waals surface area contributed by atoms with Gasteiger partial charge in [-0.25, -0.2) is 0 Å². The molecule has 0 aliphatic heterocycles. The van der Waals surface area contributed by atoms with Crippen molar-refractivity contribution in [1.29, 1.82) is 0 Å². The van der Waals surface area contributed by atoms with Gasteiger partial charge in [-0.3, -0.25) is 4.79 Å². The van der Waals surface area contributed by atoms with Crippen LogP contribution in [0.25, 0.3) is 0 Å². The zero-order valence-corrected chi connectivity index (χ0v) is 9.72. The normalized spacial score (nSPS) is 9.64. The van der Waals surface area contributed by atoms with Crippen molar-refractivity contribution in [3.8, 4) is 5.75 Å². The quantitative estimate of drug-likeness (QED) is 0.898. The minimum Gasteiger partial charge on any atom is -0.484 e. The molecule has 0 saturated heterocycles. The second-order valence-corrected chi connectivity index (χ2v) is 3.73. The molecule has 1 aromatic carbocycles. The summed E-state index contributed by atoms with van der Waals surface area (Å²) in [4.78, 5) is 10.9. The Kier molecular flexibility index (Phi) is 3.95. The van der Waals surface area contributed by atoms with Gasteiger partial charge in [0.1, 0.15) is 5.75 Å². The van der Waals surface area contributed by atoms with E-state index in [1.54, 1.807) is 7.05 Å². The number of halogens is 1. The second kappa shape index (κ2) is 5.00. The van der Waals surface area contributed by atoms with Gasteiger partial charge in [-0.2, -0.15) is 0 Å². The lowest BCUT2D eigenvalue weighted by atomic mass is 10.2. The molecule has 4 heteroatoms. The highest BCUT2D eigenvalue weighted by molar-refractivity contribution is 9.10. The number of ether oxygens (including phenoxy) is 1. The van der Waals surface area contributed by atoms with Crippen LogP contribution in [0.3, 0.4) is 0 Å². The lowest BCUT2D eigenvalue weighted by Gasteiger charge is -2.06. The van der Waals surface area contributed by atoms with Gasteiger partial charge in [-0.05, 0) is 30.7 Å². The first-order chi connectivity index (χ1) is 6.63. The zero-order valence-electron chi connectivity index (χ0n) is 8.13. The first kappa shape index (κ1) is 11.0. The Labute approximate surface area is 91.6 Å². The maximum atomic E-state index is 10.9.